The molecular weight excluding hydrogens is 230 g/mol. The van der Waals surface area contributed by atoms with Gasteiger partial charge in [-0.05, 0) is 31.2 Å². The lowest BCUT2D eigenvalue weighted by molar-refractivity contribution is -0.123. The number of hydrogen-bond acceptors (Lipinski definition) is 5. The van der Waals surface area contributed by atoms with Crippen molar-refractivity contribution in [3.05, 3.63) is 12.3 Å². The summed E-state index contributed by atoms with van der Waals surface area (Å²) in [6.45, 7) is 0.527. The maximum atomic E-state index is 12.5. The highest BCUT2D eigenvalue weighted by Crippen LogP contribution is 2.51. The van der Waals surface area contributed by atoms with Gasteiger partial charge in [-0.15, -0.1) is 0 Å². The van der Waals surface area contributed by atoms with E-state index in [0.29, 0.717) is 18.8 Å². The van der Waals surface area contributed by atoms with Crippen molar-refractivity contribution in [3.63, 3.8) is 0 Å². The fraction of sp³-hybridized carbons (Fsp3) is 0.500. The van der Waals surface area contributed by atoms with Crippen molar-refractivity contribution in [1.29, 1.82) is 5.26 Å². The molecule has 6 nitrogen and oxygen atoms in total. The summed E-state index contributed by atoms with van der Waals surface area (Å²) in [5.41, 5.74) is 4.69. The largest absolute Gasteiger partial charge is 0.368 e. The van der Waals surface area contributed by atoms with Gasteiger partial charge in [0.15, 0.2) is 0 Å². The van der Waals surface area contributed by atoms with Crippen LogP contribution in [0.4, 0.5) is 11.8 Å². The van der Waals surface area contributed by atoms with E-state index in [0.717, 1.165) is 12.8 Å². The molecular formula is C12H13N5O. The second-order valence-corrected chi connectivity index (χ2v) is 4.84. The number of hydrogen-bond donors (Lipinski definition) is 1. The third kappa shape index (κ3) is 1.44. The van der Waals surface area contributed by atoms with E-state index in [1.807, 2.05) is 0 Å². The number of nitrogens with two attached hydrogens (primary N) is 1. The number of carbonyl (C=O) groups excluding carboxylic acids is 1. The van der Waals surface area contributed by atoms with E-state index < -0.39 is 5.41 Å². The molecule has 2 heterocycles. The zero-order chi connectivity index (χ0) is 12.8. The average Bonchev–Trinajstić information content (AvgIpc) is 3.15. The van der Waals surface area contributed by atoms with Crippen LogP contribution in [0.3, 0.4) is 0 Å². The molecule has 6 heteroatoms. The Morgan fingerprint density at radius 3 is 2.94 bits per heavy atom. The standard InChI is InChI=1S/C12H13N5O/c13-7-12(8-1-2-8)4-6-17(10(12)18)9-3-5-15-11(14)16-9/h3,5,8H,1-2,4,6H2,(H2,14,15,16)/t12-/m1/s1. The Bertz CT molecular complexity index is 548. The first-order valence-corrected chi connectivity index (χ1v) is 5.99. The molecule has 1 saturated heterocycles. The van der Waals surface area contributed by atoms with Gasteiger partial charge >= 0.3 is 0 Å². The van der Waals surface area contributed by atoms with E-state index in [4.69, 9.17) is 5.73 Å². The van der Waals surface area contributed by atoms with Gasteiger partial charge in [0.1, 0.15) is 11.2 Å². The maximum absolute atomic E-state index is 12.5. The van der Waals surface area contributed by atoms with E-state index in [1.165, 1.54) is 6.20 Å². The number of carbonyl (C=O) groups is 1. The van der Waals surface area contributed by atoms with Gasteiger partial charge in [-0.25, -0.2) is 4.98 Å². The van der Waals surface area contributed by atoms with Crippen LogP contribution >= 0.6 is 0 Å². The van der Waals surface area contributed by atoms with Crippen molar-refractivity contribution in [1.82, 2.24) is 9.97 Å². The van der Waals surface area contributed by atoms with Gasteiger partial charge < -0.3 is 5.73 Å². The summed E-state index contributed by atoms with van der Waals surface area (Å²) < 4.78 is 0. The Hall–Kier alpha value is -2.16. The summed E-state index contributed by atoms with van der Waals surface area (Å²) in [7, 11) is 0. The van der Waals surface area contributed by atoms with Crippen LogP contribution < -0.4 is 10.6 Å². The monoisotopic (exact) mass is 243 g/mol. The molecule has 0 aromatic carbocycles. The van der Waals surface area contributed by atoms with Crippen molar-refractivity contribution in [2.24, 2.45) is 11.3 Å². The quantitative estimate of drug-likeness (QED) is 0.825. The molecule has 1 saturated carbocycles. The number of nitrogen functional groups attached to an aromatic ring is 1. The van der Waals surface area contributed by atoms with Crippen molar-refractivity contribution < 1.29 is 4.79 Å². The zero-order valence-corrected chi connectivity index (χ0v) is 9.83. The topological polar surface area (TPSA) is 95.9 Å². The van der Waals surface area contributed by atoms with Gasteiger partial charge in [0.25, 0.3) is 0 Å². The molecule has 1 aromatic rings. The van der Waals surface area contributed by atoms with Crippen molar-refractivity contribution in [3.8, 4) is 6.07 Å². The van der Waals surface area contributed by atoms with E-state index in [2.05, 4.69) is 16.0 Å². The van der Waals surface area contributed by atoms with Crippen molar-refractivity contribution in [2.75, 3.05) is 17.2 Å². The number of nitriles is 1. The lowest BCUT2D eigenvalue weighted by Gasteiger charge is -2.20. The zero-order valence-electron chi connectivity index (χ0n) is 9.83. The molecule has 92 valence electrons. The number of anilines is 2. The molecule has 0 bridgehead atoms. The Morgan fingerprint density at radius 2 is 2.33 bits per heavy atom. The van der Waals surface area contributed by atoms with Gasteiger partial charge in [-0.2, -0.15) is 10.2 Å². The summed E-state index contributed by atoms with van der Waals surface area (Å²) >= 11 is 0. The highest BCUT2D eigenvalue weighted by Gasteiger charge is 2.57. The van der Waals surface area contributed by atoms with E-state index in [1.54, 1.807) is 11.0 Å². The van der Waals surface area contributed by atoms with Crippen molar-refractivity contribution >= 4 is 17.7 Å². The van der Waals surface area contributed by atoms with Crippen LogP contribution in [0.1, 0.15) is 19.3 Å². The molecule has 1 amide bonds. The van der Waals surface area contributed by atoms with E-state index >= 15 is 0 Å². The minimum absolute atomic E-state index is 0.134. The van der Waals surface area contributed by atoms with Gasteiger partial charge in [0.2, 0.25) is 11.9 Å². The van der Waals surface area contributed by atoms with Crippen molar-refractivity contribution in [2.45, 2.75) is 19.3 Å². The van der Waals surface area contributed by atoms with Crippen LogP contribution in [0.2, 0.25) is 0 Å². The Morgan fingerprint density at radius 1 is 1.56 bits per heavy atom. The highest BCUT2D eigenvalue weighted by atomic mass is 16.2. The van der Waals surface area contributed by atoms with Crippen LogP contribution in [0.15, 0.2) is 12.3 Å². The summed E-state index contributed by atoms with van der Waals surface area (Å²) in [5.74, 6) is 0.719. The first-order valence-electron chi connectivity index (χ1n) is 5.99. The normalized spacial score (nSPS) is 27.3. The molecule has 1 aliphatic heterocycles. The lowest BCUT2D eigenvalue weighted by atomic mass is 9.83. The second kappa shape index (κ2) is 3.67. The van der Waals surface area contributed by atoms with Crippen LogP contribution in [-0.4, -0.2) is 22.4 Å². The molecule has 0 spiro atoms. The Kier molecular flexibility index (Phi) is 2.23. The fourth-order valence-corrected chi connectivity index (χ4v) is 2.62. The first kappa shape index (κ1) is 11.0. The third-order valence-corrected chi connectivity index (χ3v) is 3.77. The number of nitrogens with zero attached hydrogens (tertiary/aromatic N) is 4. The molecule has 2 aliphatic rings. The molecule has 0 unspecified atom stereocenters. The number of aromatic nitrogens is 2. The summed E-state index contributed by atoms with van der Waals surface area (Å²) in [5, 5.41) is 9.36. The molecule has 1 aliphatic carbocycles. The first-order chi connectivity index (χ1) is 8.67. The molecule has 3 rings (SSSR count). The predicted octanol–water partition coefficient (Wildman–Crippen LogP) is 0.715. The van der Waals surface area contributed by atoms with Crippen LogP contribution in [0.5, 0.6) is 0 Å². The smallest absolute Gasteiger partial charge is 0.248 e. The minimum Gasteiger partial charge on any atom is -0.368 e. The average molecular weight is 243 g/mol. The SMILES string of the molecule is N#C[C@@]1(C2CC2)CCN(c2ccnc(N)n2)C1=O. The van der Waals surface area contributed by atoms with Gasteiger partial charge in [-0.1, -0.05) is 0 Å². The minimum atomic E-state index is -0.834. The molecule has 0 radical (unpaired) electrons. The highest BCUT2D eigenvalue weighted by molar-refractivity contribution is 6.01. The molecule has 18 heavy (non-hydrogen) atoms. The predicted molar refractivity (Wildman–Crippen MR) is 64.2 cm³/mol. The Balaban J connectivity index is 1.93. The second-order valence-electron chi connectivity index (χ2n) is 4.84. The van der Waals surface area contributed by atoms with Gasteiger partial charge in [-0.3, -0.25) is 9.69 Å². The van der Waals surface area contributed by atoms with Crippen LogP contribution in [0, 0.1) is 22.7 Å². The summed E-state index contributed by atoms with van der Waals surface area (Å²) in [6.07, 6.45) is 4.05. The summed E-state index contributed by atoms with van der Waals surface area (Å²) in [6, 6.07) is 3.89. The van der Waals surface area contributed by atoms with Gasteiger partial charge in [0.05, 0.1) is 6.07 Å². The fourth-order valence-electron chi connectivity index (χ4n) is 2.62. The third-order valence-electron chi connectivity index (χ3n) is 3.77. The molecule has 1 atom stereocenters. The number of amides is 1. The maximum Gasteiger partial charge on any atom is 0.248 e. The molecule has 2 N–H and O–H groups in total. The van der Waals surface area contributed by atoms with E-state index in [9.17, 15) is 10.1 Å². The van der Waals surface area contributed by atoms with E-state index in [-0.39, 0.29) is 17.8 Å². The number of rotatable bonds is 2. The van der Waals surface area contributed by atoms with Crippen LogP contribution in [-0.2, 0) is 4.79 Å². The Labute approximate surface area is 104 Å². The van der Waals surface area contributed by atoms with Gasteiger partial charge in [0, 0.05) is 12.7 Å². The van der Waals surface area contributed by atoms with Crippen LogP contribution in [0.25, 0.3) is 0 Å². The summed E-state index contributed by atoms with van der Waals surface area (Å²) in [4.78, 5) is 21.9. The molecule has 1 aromatic heterocycles. The molecule has 2 fully saturated rings. The lowest BCUT2D eigenvalue weighted by Crippen LogP contribution is -2.35.